The van der Waals surface area contributed by atoms with E-state index >= 15 is 0 Å². The highest BCUT2D eigenvalue weighted by atomic mass is 16.2. The molecule has 0 radical (unpaired) electrons. The Kier molecular flexibility index (Phi) is 3.87. The quantitative estimate of drug-likeness (QED) is 0.711. The lowest BCUT2D eigenvalue weighted by Gasteiger charge is -2.19. The standard InChI is InChI=1S/C21H21N3O2/c1-13-6-4-5-7-18(13)23-11-16(10-20(23)25)21(26)24-12-22-17-8-14(2)15(3)9-19(17)24/h4-9,12,16H,10-11H2,1-3H3/t16-/m0/s1. The zero-order valence-corrected chi connectivity index (χ0v) is 15.2. The summed E-state index contributed by atoms with van der Waals surface area (Å²) >= 11 is 0. The monoisotopic (exact) mass is 347 g/mol. The second-order valence-electron chi connectivity index (χ2n) is 7.07. The molecule has 132 valence electrons. The Labute approximate surface area is 152 Å². The largest absolute Gasteiger partial charge is 0.311 e. The molecule has 1 aliphatic rings. The van der Waals surface area contributed by atoms with E-state index in [0.717, 1.165) is 33.4 Å². The molecular weight excluding hydrogens is 326 g/mol. The van der Waals surface area contributed by atoms with Crippen molar-refractivity contribution in [1.29, 1.82) is 0 Å². The van der Waals surface area contributed by atoms with Crippen LogP contribution in [-0.2, 0) is 4.79 Å². The van der Waals surface area contributed by atoms with Gasteiger partial charge in [0.05, 0.1) is 17.0 Å². The number of carbonyl (C=O) groups excluding carboxylic acids is 2. The van der Waals surface area contributed by atoms with E-state index in [2.05, 4.69) is 4.98 Å². The fourth-order valence-electron chi connectivity index (χ4n) is 3.61. The first kappa shape index (κ1) is 16.5. The highest BCUT2D eigenvalue weighted by Gasteiger charge is 2.36. The third kappa shape index (κ3) is 2.60. The molecule has 3 aromatic rings. The summed E-state index contributed by atoms with van der Waals surface area (Å²) in [4.78, 5) is 31.7. The predicted octanol–water partition coefficient (Wildman–Crippen LogP) is 3.65. The lowest BCUT2D eigenvalue weighted by molar-refractivity contribution is -0.117. The van der Waals surface area contributed by atoms with Crippen LogP contribution in [0.5, 0.6) is 0 Å². The van der Waals surface area contributed by atoms with Gasteiger partial charge in [-0.3, -0.25) is 14.2 Å². The Balaban J connectivity index is 1.65. The number of para-hydroxylation sites is 1. The van der Waals surface area contributed by atoms with E-state index in [4.69, 9.17) is 0 Å². The van der Waals surface area contributed by atoms with Gasteiger partial charge in [0.15, 0.2) is 0 Å². The topological polar surface area (TPSA) is 55.2 Å². The molecule has 5 nitrogen and oxygen atoms in total. The van der Waals surface area contributed by atoms with Crippen LogP contribution in [0, 0.1) is 26.7 Å². The Morgan fingerprint density at radius 1 is 1.08 bits per heavy atom. The molecule has 5 heteroatoms. The first-order valence-corrected chi connectivity index (χ1v) is 8.80. The van der Waals surface area contributed by atoms with Crippen molar-refractivity contribution in [3.63, 3.8) is 0 Å². The van der Waals surface area contributed by atoms with Crippen molar-refractivity contribution in [2.45, 2.75) is 27.2 Å². The lowest BCUT2D eigenvalue weighted by Crippen LogP contribution is -2.28. The van der Waals surface area contributed by atoms with Crippen LogP contribution in [0.1, 0.15) is 27.9 Å². The average Bonchev–Trinajstić information content (AvgIpc) is 3.19. The fraction of sp³-hybridized carbons (Fsp3) is 0.286. The summed E-state index contributed by atoms with van der Waals surface area (Å²) < 4.78 is 1.60. The van der Waals surface area contributed by atoms with Gasteiger partial charge >= 0.3 is 0 Å². The Hall–Kier alpha value is -2.95. The number of rotatable bonds is 2. The van der Waals surface area contributed by atoms with Gasteiger partial charge in [0.25, 0.3) is 0 Å². The van der Waals surface area contributed by atoms with E-state index in [1.165, 1.54) is 0 Å². The van der Waals surface area contributed by atoms with Crippen LogP contribution in [0.15, 0.2) is 42.7 Å². The highest BCUT2D eigenvalue weighted by Crippen LogP contribution is 2.29. The van der Waals surface area contributed by atoms with Gasteiger partial charge in [-0.15, -0.1) is 0 Å². The van der Waals surface area contributed by atoms with Crippen molar-refractivity contribution in [2.75, 3.05) is 11.4 Å². The third-order valence-electron chi connectivity index (χ3n) is 5.28. The molecule has 2 aromatic carbocycles. The maximum absolute atomic E-state index is 13.1. The molecule has 1 amide bonds. The summed E-state index contributed by atoms with van der Waals surface area (Å²) in [6.45, 7) is 6.44. The van der Waals surface area contributed by atoms with Gasteiger partial charge in [0, 0.05) is 18.7 Å². The molecule has 1 atom stereocenters. The summed E-state index contributed by atoms with van der Waals surface area (Å²) in [7, 11) is 0. The number of aromatic nitrogens is 2. The maximum Gasteiger partial charge on any atom is 0.237 e. The molecule has 1 saturated heterocycles. The minimum atomic E-state index is -0.360. The molecule has 2 heterocycles. The van der Waals surface area contributed by atoms with Crippen LogP contribution in [0.25, 0.3) is 11.0 Å². The lowest BCUT2D eigenvalue weighted by atomic mass is 10.1. The zero-order chi connectivity index (χ0) is 18.4. The van der Waals surface area contributed by atoms with Crippen LogP contribution in [0.4, 0.5) is 5.69 Å². The van der Waals surface area contributed by atoms with Crippen molar-refractivity contribution < 1.29 is 9.59 Å². The number of nitrogens with zero attached hydrogens (tertiary/aromatic N) is 3. The van der Waals surface area contributed by atoms with E-state index in [-0.39, 0.29) is 24.2 Å². The van der Waals surface area contributed by atoms with E-state index in [1.54, 1.807) is 15.8 Å². The van der Waals surface area contributed by atoms with Gasteiger partial charge in [0.2, 0.25) is 11.8 Å². The molecule has 0 aliphatic carbocycles. The van der Waals surface area contributed by atoms with Crippen LogP contribution in [0.3, 0.4) is 0 Å². The van der Waals surface area contributed by atoms with Crippen LogP contribution in [-0.4, -0.2) is 27.9 Å². The Morgan fingerprint density at radius 3 is 2.58 bits per heavy atom. The number of aryl methyl sites for hydroxylation is 3. The fourth-order valence-corrected chi connectivity index (χ4v) is 3.61. The summed E-state index contributed by atoms with van der Waals surface area (Å²) in [6.07, 6.45) is 1.81. The van der Waals surface area contributed by atoms with Crippen molar-refractivity contribution in [3.8, 4) is 0 Å². The van der Waals surface area contributed by atoms with Crippen LogP contribution < -0.4 is 4.90 Å². The second kappa shape index (κ2) is 6.09. The molecule has 1 aromatic heterocycles. The molecule has 0 unspecified atom stereocenters. The number of fused-ring (bicyclic) bond motifs is 1. The van der Waals surface area contributed by atoms with E-state index in [9.17, 15) is 9.59 Å². The molecule has 4 rings (SSSR count). The van der Waals surface area contributed by atoms with E-state index in [0.29, 0.717) is 6.54 Å². The molecule has 0 N–H and O–H groups in total. The minimum Gasteiger partial charge on any atom is -0.311 e. The van der Waals surface area contributed by atoms with Gasteiger partial charge in [-0.05, 0) is 55.7 Å². The Bertz CT molecular complexity index is 1030. The molecule has 0 spiro atoms. The molecule has 1 aliphatic heterocycles. The summed E-state index contributed by atoms with van der Waals surface area (Å²) in [5.41, 5.74) is 5.80. The zero-order valence-electron chi connectivity index (χ0n) is 15.2. The molecular formula is C21H21N3O2. The van der Waals surface area contributed by atoms with Gasteiger partial charge in [-0.25, -0.2) is 4.98 Å². The van der Waals surface area contributed by atoms with Crippen LogP contribution >= 0.6 is 0 Å². The van der Waals surface area contributed by atoms with E-state index in [1.807, 2.05) is 57.2 Å². The van der Waals surface area contributed by atoms with Gasteiger partial charge < -0.3 is 4.90 Å². The number of carbonyl (C=O) groups is 2. The predicted molar refractivity (Wildman–Crippen MR) is 101 cm³/mol. The highest BCUT2D eigenvalue weighted by molar-refractivity contribution is 6.02. The first-order valence-electron chi connectivity index (χ1n) is 8.80. The van der Waals surface area contributed by atoms with Gasteiger partial charge in [0.1, 0.15) is 6.33 Å². The van der Waals surface area contributed by atoms with Crippen molar-refractivity contribution in [2.24, 2.45) is 5.92 Å². The number of amides is 1. The van der Waals surface area contributed by atoms with Gasteiger partial charge in [-0.1, -0.05) is 18.2 Å². The number of hydrogen-bond donors (Lipinski definition) is 0. The van der Waals surface area contributed by atoms with Crippen LogP contribution in [0.2, 0.25) is 0 Å². The molecule has 1 fully saturated rings. The SMILES string of the molecule is Cc1cc2ncn(C(=O)[C@H]3CC(=O)N(c4ccccc4C)C3)c2cc1C. The first-order chi connectivity index (χ1) is 12.5. The number of imidazole rings is 1. The normalized spacial score (nSPS) is 17.3. The van der Waals surface area contributed by atoms with Crippen molar-refractivity contribution >= 4 is 28.5 Å². The van der Waals surface area contributed by atoms with Gasteiger partial charge in [-0.2, -0.15) is 0 Å². The smallest absolute Gasteiger partial charge is 0.237 e. The Morgan fingerprint density at radius 2 is 1.81 bits per heavy atom. The molecule has 0 saturated carbocycles. The molecule has 26 heavy (non-hydrogen) atoms. The minimum absolute atomic E-state index is 0.00547. The number of benzene rings is 2. The summed E-state index contributed by atoms with van der Waals surface area (Å²) in [5, 5.41) is 0. The third-order valence-corrected chi connectivity index (χ3v) is 5.28. The number of anilines is 1. The van der Waals surface area contributed by atoms with Crippen molar-refractivity contribution in [3.05, 3.63) is 59.4 Å². The maximum atomic E-state index is 13.1. The van der Waals surface area contributed by atoms with E-state index < -0.39 is 0 Å². The average molecular weight is 347 g/mol. The summed E-state index contributed by atoms with van der Waals surface area (Å²) in [6, 6.07) is 11.8. The molecule has 0 bridgehead atoms. The summed E-state index contributed by atoms with van der Waals surface area (Å²) in [5.74, 6) is -0.435. The number of hydrogen-bond acceptors (Lipinski definition) is 3. The second-order valence-corrected chi connectivity index (χ2v) is 7.07. The van der Waals surface area contributed by atoms with Crippen molar-refractivity contribution in [1.82, 2.24) is 9.55 Å².